The molecule has 0 unspecified atom stereocenters. The summed E-state index contributed by atoms with van der Waals surface area (Å²) < 4.78 is 0. The van der Waals surface area contributed by atoms with Gasteiger partial charge in [0.1, 0.15) is 11.5 Å². The lowest BCUT2D eigenvalue weighted by molar-refractivity contribution is 0.466. The van der Waals surface area contributed by atoms with Gasteiger partial charge in [-0.3, -0.25) is 0 Å². The molecule has 2 rings (SSSR count). The number of aromatic hydroxyl groups is 2. The Morgan fingerprint density at radius 1 is 0.632 bits per heavy atom. The summed E-state index contributed by atoms with van der Waals surface area (Å²) in [5.74, 6) is 0.753. The van der Waals surface area contributed by atoms with Gasteiger partial charge in [0, 0.05) is 0 Å². The maximum atomic E-state index is 9.79. The Labute approximate surface area is 114 Å². The molecule has 0 heterocycles. The van der Waals surface area contributed by atoms with Crippen LogP contribution < -0.4 is 0 Å². The summed E-state index contributed by atoms with van der Waals surface area (Å²) in [4.78, 5) is 0. The lowest BCUT2D eigenvalue weighted by Crippen LogP contribution is -1.93. The number of aryl methyl sites for hydroxylation is 4. The monoisotopic (exact) mass is 256 g/mol. The van der Waals surface area contributed by atoms with Gasteiger partial charge >= 0.3 is 0 Å². The summed E-state index contributed by atoms with van der Waals surface area (Å²) in [5, 5.41) is 19.6. The Kier molecular flexibility index (Phi) is 3.52. The summed E-state index contributed by atoms with van der Waals surface area (Å²) in [5.41, 5.74) is 5.98. The van der Waals surface area contributed by atoms with E-state index in [9.17, 15) is 10.2 Å². The minimum atomic E-state index is 0.377. The molecule has 19 heavy (non-hydrogen) atoms. The number of rotatable bonds is 2. The lowest BCUT2D eigenvalue weighted by Gasteiger charge is -2.10. The summed E-state index contributed by atoms with van der Waals surface area (Å²) in [7, 11) is 0. The molecule has 0 atom stereocenters. The molecule has 2 aromatic carbocycles. The predicted octanol–water partition coefficient (Wildman–Crippen LogP) is 3.92. The van der Waals surface area contributed by atoms with E-state index >= 15 is 0 Å². The van der Waals surface area contributed by atoms with Crippen LogP contribution in [0.3, 0.4) is 0 Å². The van der Waals surface area contributed by atoms with Gasteiger partial charge in [0.25, 0.3) is 0 Å². The van der Waals surface area contributed by atoms with Crippen LogP contribution in [0.15, 0.2) is 24.3 Å². The van der Waals surface area contributed by atoms with E-state index in [-0.39, 0.29) is 0 Å². The highest BCUT2D eigenvalue weighted by Gasteiger charge is 2.07. The van der Waals surface area contributed by atoms with Crippen LogP contribution in [0.1, 0.15) is 33.4 Å². The van der Waals surface area contributed by atoms with E-state index < -0.39 is 0 Å². The highest BCUT2D eigenvalue weighted by molar-refractivity contribution is 5.46. The number of phenols is 2. The van der Waals surface area contributed by atoms with Gasteiger partial charge in [-0.25, -0.2) is 0 Å². The molecule has 0 aliphatic rings. The molecule has 0 saturated heterocycles. The molecule has 0 bridgehead atoms. The lowest BCUT2D eigenvalue weighted by atomic mass is 9.97. The minimum Gasteiger partial charge on any atom is -0.507 e. The van der Waals surface area contributed by atoms with Crippen LogP contribution in [-0.2, 0) is 6.42 Å². The summed E-state index contributed by atoms with van der Waals surface area (Å²) >= 11 is 0. The van der Waals surface area contributed by atoms with Crippen molar-refractivity contribution in [2.24, 2.45) is 0 Å². The molecule has 0 aliphatic carbocycles. The van der Waals surface area contributed by atoms with Gasteiger partial charge < -0.3 is 10.2 Å². The van der Waals surface area contributed by atoms with E-state index in [1.54, 1.807) is 0 Å². The SMILES string of the molecule is Cc1cc(Cc2cc(C)c(O)c(C)c2)cc(C)c1O. The van der Waals surface area contributed by atoms with Crippen molar-refractivity contribution in [1.29, 1.82) is 0 Å². The minimum absolute atomic E-state index is 0.377. The summed E-state index contributed by atoms with van der Waals surface area (Å²) in [6, 6.07) is 8.05. The second kappa shape index (κ2) is 4.96. The fourth-order valence-electron chi connectivity index (χ4n) is 2.53. The Balaban J connectivity index is 2.36. The van der Waals surface area contributed by atoms with Crippen LogP contribution in [0.4, 0.5) is 0 Å². The van der Waals surface area contributed by atoms with Crippen molar-refractivity contribution in [3.05, 3.63) is 57.6 Å². The van der Waals surface area contributed by atoms with E-state index in [4.69, 9.17) is 0 Å². The molecular weight excluding hydrogens is 236 g/mol. The quantitative estimate of drug-likeness (QED) is 0.855. The van der Waals surface area contributed by atoms with Gasteiger partial charge in [0.15, 0.2) is 0 Å². The van der Waals surface area contributed by atoms with Crippen LogP contribution >= 0.6 is 0 Å². The first-order valence-corrected chi connectivity index (χ1v) is 6.46. The number of phenolic OH excluding ortho intramolecular Hbond substituents is 2. The summed E-state index contributed by atoms with van der Waals surface area (Å²) in [6.45, 7) is 7.66. The first-order valence-electron chi connectivity index (χ1n) is 6.46. The molecule has 0 aromatic heterocycles. The number of hydrogen-bond donors (Lipinski definition) is 2. The Hall–Kier alpha value is -1.96. The average Bonchev–Trinajstić information content (AvgIpc) is 2.33. The van der Waals surface area contributed by atoms with Gasteiger partial charge in [-0.15, -0.1) is 0 Å². The molecule has 2 nitrogen and oxygen atoms in total. The van der Waals surface area contributed by atoms with Gasteiger partial charge in [-0.1, -0.05) is 24.3 Å². The number of benzene rings is 2. The zero-order valence-electron chi connectivity index (χ0n) is 11.9. The van der Waals surface area contributed by atoms with Crippen molar-refractivity contribution in [3.63, 3.8) is 0 Å². The van der Waals surface area contributed by atoms with E-state index in [0.29, 0.717) is 11.5 Å². The van der Waals surface area contributed by atoms with E-state index in [1.807, 2.05) is 52.0 Å². The van der Waals surface area contributed by atoms with Crippen LogP contribution in [0.25, 0.3) is 0 Å². The topological polar surface area (TPSA) is 40.5 Å². The standard InChI is InChI=1S/C17H20O2/c1-10-5-14(6-11(2)16(10)18)9-15-7-12(3)17(19)13(4)8-15/h5-8,18-19H,9H2,1-4H3. The van der Waals surface area contributed by atoms with E-state index in [1.165, 1.54) is 11.1 Å². The second-order valence-corrected chi connectivity index (χ2v) is 5.33. The highest BCUT2D eigenvalue weighted by Crippen LogP contribution is 2.27. The Bertz CT molecular complexity index is 526. The zero-order valence-corrected chi connectivity index (χ0v) is 11.9. The smallest absolute Gasteiger partial charge is 0.121 e. The normalized spacial score (nSPS) is 10.7. The Morgan fingerprint density at radius 3 is 1.16 bits per heavy atom. The van der Waals surface area contributed by atoms with Crippen molar-refractivity contribution in [3.8, 4) is 11.5 Å². The van der Waals surface area contributed by atoms with Gasteiger partial charge in [-0.2, -0.15) is 0 Å². The average molecular weight is 256 g/mol. The van der Waals surface area contributed by atoms with Crippen LogP contribution in [0, 0.1) is 27.7 Å². The third-order valence-electron chi connectivity index (χ3n) is 3.51. The van der Waals surface area contributed by atoms with Crippen molar-refractivity contribution >= 4 is 0 Å². The van der Waals surface area contributed by atoms with E-state index in [2.05, 4.69) is 0 Å². The fraction of sp³-hybridized carbons (Fsp3) is 0.294. The van der Waals surface area contributed by atoms with Crippen LogP contribution in [0.5, 0.6) is 11.5 Å². The molecule has 0 saturated carbocycles. The van der Waals surface area contributed by atoms with Crippen molar-refractivity contribution < 1.29 is 10.2 Å². The van der Waals surface area contributed by atoms with Gasteiger partial charge in [0.2, 0.25) is 0 Å². The molecule has 2 N–H and O–H groups in total. The molecule has 0 fully saturated rings. The zero-order chi connectivity index (χ0) is 14.2. The fourth-order valence-corrected chi connectivity index (χ4v) is 2.53. The molecule has 2 aromatic rings. The van der Waals surface area contributed by atoms with Crippen molar-refractivity contribution in [2.45, 2.75) is 34.1 Å². The summed E-state index contributed by atoms with van der Waals surface area (Å²) in [6.07, 6.45) is 0.809. The number of hydrogen-bond acceptors (Lipinski definition) is 2. The molecular formula is C17H20O2. The molecule has 0 amide bonds. The molecule has 0 spiro atoms. The van der Waals surface area contributed by atoms with E-state index in [0.717, 1.165) is 28.7 Å². The molecule has 2 heteroatoms. The first-order chi connectivity index (χ1) is 8.88. The largest absolute Gasteiger partial charge is 0.507 e. The third-order valence-corrected chi connectivity index (χ3v) is 3.51. The second-order valence-electron chi connectivity index (χ2n) is 5.33. The van der Waals surface area contributed by atoms with Crippen LogP contribution in [-0.4, -0.2) is 10.2 Å². The molecule has 100 valence electrons. The molecule has 0 radical (unpaired) electrons. The maximum absolute atomic E-state index is 9.79. The first kappa shape index (κ1) is 13.5. The van der Waals surface area contributed by atoms with Gasteiger partial charge in [0.05, 0.1) is 0 Å². The highest BCUT2D eigenvalue weighted by atomic mass is 16.3. The third kappa shape index (κ3) is 2.73. The Morgan fingerprint density at radius 2 is 0.895 bits per heavy atom. The predicted molar refractivity (Wildman–Crippen MR) is 78.0 cm³/mol. The van der Waals surface area contributed by atoms with Crippen LogP contribution in [0.2, 0.25) is 0 Å². The van der Waals surface area contributed by atoms with Gasteiger partial charge in [-0.05, 0) is 67.5 Å². The van der Waals surface area contributed by atoms with Crippen molar-refractivity contribution in [1.82, 2.24) is 0 Å². The maximum Gasteiger partial charge on any atom is 0.121 e. The van der Waals surface area contributed by atoms with Crippen molar-refractivity contribution in [2.75, 3.05) is 0 Å². The molecule has 0 aliphatic heterocycles.